The third kappa shape index (κ3) is 4.59. The number of nitrogens with one attached hydrogen (secondary N) is 1. The first-order valence-corrected chi connectivity index (χ1v) is 9.36. The second-order valence-electron chi connectivity index (χ2n) is 5.19. The van der Waals surface area contributed by atoms with Gasteiger partial charge in [0, 0.05) is 4.90 Å². The lowest BCUT2D eigenvalue weighted by atomic mass is 10.2. The van der Waals surface area contributed by atoms with Crippen molar-refractivity contribution in [1.29, 1.82) is 5.26 Å². The van der Waals surface area contributed by atoms with E-state index in [0.29, 0.717) is 17.0 Å². The largest absolute Gasteiger partial charge is 0.481 e. The topological polar surface area (TPSA) is 87.9 Å². The highest BCUT2D eigenvalue weighted by atomic mass is 32.2. The molecular formula is C18H14N4O2S2. The van der Waals surface area contributed by atoms with Crippen molar-refractivity contribution < 1.29 is 9.53 Å². The zero-order chi connectivity index (χ0) is 18.4. The number of rotatable bonds is 6. The number of amides is 1. The molecule has 0 aliphatic carbocycles. The van der Waals surface area contributed by atoms with Gasteiger partial charge < -0.3 is 10.1 Å². The molecule has 1 aromatic heterocycles. The first kappa shape index (κ1) is 17.9. The van der Waals surface area contributed by atoms with Crippen LogP contribution in [0.3, 0.4) is 0 Å². The van der Waals surface area contributed by atoms with Crippen molar-refractivity contribution in [3.05, 3.63) is 59.6 Å². The van der Waals surface area contributed by atoms with E-state index in [4.69, 9.17) is 10.00 Å². The fraction of sp³-hybridized carbons (Fsp3) is 0.111. The molecule has 0 saturated carbocycles. The highest BCUT2D eigenvalue weighted by Crippen LogP contribution is 2.34. The average molecular weight is 382 g/mol. The van der Waals surface area contributed by atoms with Crippen LogP contribution in [0.15, 0.2) is 63.3 Å². The minimum atomic E-state index is -0.719. The van der Waals surface area contributed by atoms with E-state index in [0.717, 1.165) is 9.24 Å². The molecule has 26 heavy (non-hydrogen) atoms. The maximum atomic E-state index is 12.5. The fourth-order valence-corrected chi connectivity index (χ4v) is 3.61. The van der Waals surface area contributed by atoms with Crippen molar-refractivity contribution in [2.24, 2.45) is 0 Å². The molecule has 0 bridgehead atoms. The number of benzene rings is 2. The summed E-state index contributed by atoms with van der Waals surface area (Å²) >= 11 is 2.87. The first-order valence-electron chi connectivity index (χ1n) is 7.66. The van der Waals surface area contributed by atoms with Crippen molar-refractivity contribution in [2.45, 2.75) is 22.3 Å². The molecule has 6 nitrogen and oxygen atoms in total. The lowest BCUT2D eigenvalue weighted by Gasteiger charge is -2.16. The number of anilines is 1. The number of nitriles is 1. The van der Waals surface area contributed by atoms with Gasteiger partial charge >= 0.3 is 0 Å². The first-order chi connectivity index (χ1) is 12.7. The minimum absolute atomic E-state index is 0.280. The van der Waals surface area contributed by atoms with Crippen molar-refractivity contribution in [2.75, 3.05) is 5.32 Å². The lowest BCUT2D eigenvalue weighted by Crippen LogP contribution is -2.30. The molecule has 3 rings (SSSR count). The third-order valence-electron chi connectivity index (χ3n) is 3.33. The van der Waals surface area contributed by atoms with Crippen LogP contribution in [0.1, 0.15) is 12.5 Å². The number of carbonyl (C=O) groups is 1. The Morgan fingerprint density at radius 1 is 1.31 bits per heavy atom. The van der Waals surface area contributed by atoms with E-state index in [1.807, 2.05) is 30.3 Å². The lowest BCUT2D eigenvalue weighted by molar-refractivity contribution is -0.122. The minimum Gasteiger partial charge on any atom is -0.481 e. The Morgan fingerprint density at radius 3 is 2.92 bits per heavy atom. The highest BCUT2D eigenvalue weighted by molar-refractivity contribution is 8.01. The molecule has 0 aliphatic rings. The van der Waals surface area contributed by atoms with Crippen molar-refractivity contribution in [3.8, 4) is 11.8 Å². The average Bonchev–Trinajstić information content (AvgIpc) is 3.16. The molecule has 3 aromatic rings. The number of carbonyl (C=O) groups excluding carboxylic acids is 1. The van der Waals surface area contributed by atoms with E-state index < -0.39 is 6.10 Å². The number of para-hydroxylation sites is 1. The van der Waals surface area contributed by atoms with Crippen molar-refractivity contribution >= 4 is 34.7 Å². The van der Waals surface area contributed by atoms with Crippen LogP contribution in [-0.4, -0.2) is 22.2 Å². The normalized spacial score (nSPS) is 11.4. The van der Waals surface area contributed by atoms with Gasteiger partial charge in [-0.05, 0) is 37.3 Å². The second-order valence-corrected chi connectivity index (χ2v) is 7.31. The van der Waals surface area contributed by atoms with Gasteiger partial charge in [0.2, 0.25) is 0 Å². The summed E-state index contributed by atoms with van der Waals surface area (Å²) in [5.74, 6) is 0.195. The summed E-state index contributed by atoms with van der Waals surface area (Å²) in [6, 6.07) is 16.2. The van der Waals surface area contributed by atoms with Crippen LogP contribution in [0.5, 0.6) is 5.75 Å². The summed E-state index contributed by atoms with van der Waals surface area (Å²) in [5, 5.41) is 19.6. The molecule has 1 heterocycles. The molecule has 1 amide bonds. The maximum Gasteiger partial charge on any atom is 0.265 e. The molecule has 0 aliphatic heterocycles. The Hall–Kier alpha value is -2.89. The molecule has 0 radical (unpaired) electrons. The number of hydrogen-bond donors (Lipinski definition) is 1. The number of hydrogen-bond acceptors (Lipinski definition) is 7. The van der Waals surface area contributed by atoms with Crippen molar-refractivity contribution in [1.82, 2.24) is 10.2 Å². The van der Waals surface area contributed by atoms with Gasteiger partial charge in [-0.3, -0.25) is 4.79 Å². The maximum absolute atomic E-state index is 12.5. The van der Waals surface area contributed by atoms with Crippen LogP contribution in [0.25, 0.3) is 0 Å². The summed E-state index contributed by atoms with van der Waals surface area (Å²) in [6.07, 6.45) is -0.719. The predicted molar refractivity (Wildman–Crippen MR) is 100 cm³/mol. The Labute approximate surface area is 158 Å². The smallest absolute Gasteiger partial charge is 0.265 e. The summed E-state index contributed by atoms with van der Waals surface area (Å²) < 4.78 is 6.44. The zero-order valence-corrected chi connectivity index (χ0v) is 15.4. The molecule has 1 N–H and O–H groups in total. The van der Waals surface area contributed by atoms with Gasteiger partial charge in [0.1, 0.15) is 11.3 Å². The van der Waals surface area contributed by atoms with Crippen LogP contribution in [0.4, 0.5) is 5.69 Å². The Kier molecular flexibility index (Phi) is 5.84. The molecule has 2 aromatic carbocycles. The summed E-state index contributed by atoms with van der Waals surface area (Å²) in [5.41, 5.74) is 2.82. The van der Waals surface area contributed by atoms with E-state index in [1.54, 1.807) is 36.7 Å². The summed E-state index contributed by atoms with van der Waals surface area (Å²) in [6.45, 7) is 1.66. The summed E-state index contributed by atoms with van der Waals surface area (Å²) in [7, 11) is 0. The molecule has 8 heteroatoms. The van der Waals surface area contributed by atoms with E-state index >= 15 is 0 Å². The van der Waals surface area contributed by atoms with E-state index in [1.165, 1.54) is 23.1 Å². The monoisotopic (exact) mass is 382 g/mol. The predicted octanol–water partition coefficient (Wildman–Crippen LogP) is 3.97. The third-order valence-corrected chi connectivity index (χ3v) is 5.18. The van der Waals surface area contributed by atoms with Crippen LogP contribution in [0, 0.1) is 11.3 Å². The van der Waals surface area contributed by atoms with Crippen LogP contribution in [0.2, 0.25) is 0 Å². The molecular weight excluding hydrogens is 368 g/mol. The quantitative estimate of drug-likeness (QED) is 0.694. The van der Waals surface area contributed by atoms with Gasteiger partial charge in [0.25, 0.3) is 5.91 Å². The van der Waals surface area contributed by atoms with E-state index in [2.05, 4.69) is 15.5 Å². The van der Waals surface area contributed by atoms with Crippen LogP contribution < -0.4 is 10.1 Å². The second kappa shape index (κ2) is 8.47. The Morgan fingerprint density at radius 2 is 2.15 bits per heavy atom. The zero-order valence-electron chi connectivity index (χ0n) is 13.7. The standard InChI is InChI=1S/C18H14N4O2S2/c1-12(24-14-6-4-5-13(9-14)10-19)17(23)21-15-7-2-3-8-16(15)26-18-22-20-11-25-18/h2-9,11-12H,1H3,(H,21,23). The van der Waals surface area contributed by atoms with Crippen LogP contribution in [-0.2, 0) is 4.79 Å². The van der Waals surface area contributed by atoms with Gasteiger partial charge in [-0.2, -0.15) is 5.26 Å². The van der Waals surface area contributed by atoms with Gasteiger partial charge in [-0.25, -0.2) is 0 Å². The number of ether oxygens (including phenoxy) is 1. The van der Waals surface area contributed by atoms with Crippen molar-refractivity contribution in [3.63, 3.8) is 0 Å². The van der Waals surface area contributed by atoms with E-state index in [9.17, 15) is 4.79 Å². The van der Waals surface area contributed by atoms with E-state index in [-0.39, 0.29) is 5.91 Å². The number of aromatic nitrogens is 2. The molecule has 0 saturated heterocycles. The van der Waals surface area contributed by atoms with Crippen LogP contribution >= 0.6 is 23.1 Å². The molecule has 1 atom stereocenters. The Balaban J connectivity index is 1.68. The van der Waals surface area contributed by atoms with Gasteiger partial charge in [-0.15, -0.1) is 10.2 Å². The SMILES string of the molecule is CC(Oc1cccc(C#N)c1)C(=O)Nc1ccccc1Sc1nncs1. The molecule has 0 fully saturated rings. The summed E-state index contributed by atoms with van der Waals surface area (Å²) in [4.78, 5) is 13.4. The molecule has 0 spiro atoms. The Bertz CT molecular complexity index is 938. The fourth-order valence-electron chi connectivity index (χ4n) is 2.09. The highest BCUT2D eigenvalue weighted by Gasteiger charge is 2.17. The van der Waals surface area contributed by atoms with Gasteiger partial charge in [0.05, 0.1) is 17.3 Å². The number of nitrogens with zero attached hydrogens (tertiary/aromatic N) is 3. The molecule has 130 valence electrons. The van der Waals surface area contributed by atoms with Gasteiger partial charge in [-0.1, -0.05) is 41.3 Å². The molecule has 1 unspecified atom stereocenters. The van der Waals surface area contributed by atoms with Gasteiger partial charge in [0.15, 0.2) is 10.4 Å².